The highest BCUT2D eigenvalue weighted by Gasteiger charge is 2.38. The van der Waals surface area contributed by atoms with E-state index < -0.39 is 0 Å². The van der Waals surface area contributed by atoms with E-state index in [1.807, 2.05) is 43.0 Å². The molecule has 1 aromatic heterocycles. The molecule has 0 spiro atoms. The maximum atomic E-state index is 13.2. The topological polar surface area (TPSA) is 56.4 Å². The first kappa shape index (κ1) is 19.6. The Bertz CT molecular complexity index is 1210. The highest BCUT2D eigenvalue weighted by Crippen LogP contribution is 2.32. The minimum atomic E-state index is -0.268. The fraction of sp³-hybridized carbons (Fsp3) is 0.308. The summed E-state index contributed by atoms with van der Waals surface area (Å²) in [4.78, 5) is 32.9. The van der Waals surface area contributed by atoms with Crippen LogP contribution >= 0.6 is 0 Å². The quantitative estimate of drug-likeness (QED) is 0.690. The summed E-state index contributed by atoms with van der Waals surface area (Å²) in [7, 11) is 0. The standard InChI is InChI=1S/C26H27N3O2/c1-17-6-5-9-24(18(17)2)29-16-20(14-25(29)30)26(31)28-12-10-19(11-13-28)22-15-27-23-8-4-3-7-21(22)23/h3-10,15,20,27H,11-14,16H2,1-2H3. The molecule has 1 unspecified atom stereocenters. The molecule has 1 atom stereocenters. The third-order valence-electron chi connectivity index (χ3n) is 6.80. The van der Waals surface area contributed by atoms with Crippen molar-refractivity contribution in [3.05, 3.63) is 71.4 Å². The SMILES string of the molecule is Cc1cccc(N2CC(C(=O)N3CC=C(c4c[nH]c5ccccc45)CC3)CC2=O)c1C. The van der Waals surface area contributed by atoms with Crippen LogP contribution in [0.25, 0.3) is 16.5 Å². The number of carbonyl (C=O) groups is 2. The average Bonchev–Trinajstić information content (AvgIpc) is 3.39. The molecule has 3 aromatic rings. The highest BCUT2D eigenvalue weighted by atomic mass is 16.2. The predicted octanol–water partition coefficient (Wildman–Crippen LogP) is 4.45. The van der Waals surface area contributed by atoms with E-state index in [0.717, 1.165) is 28.8 Å². The number of aromatic nitrogens is 1. The Kier molecular flexibility index (Phi) is 4.89. The predicted molar refractivity (Wildman–Crippen MR) is 124 cm³/mol. The van der Waals surface area contributed by atoms with E-state index in [9.17, 15) is 9.59 Å². The molecule has 5 rings (SSSR count). The lowest BCUT2D eigenvalue weighted by atomic mass is 9.97. The van der Waals surface area contributed by atoms with Crippen molar-refractivity contribution in [2.45, 2.75) is 26.7 Å². The first-order valence-electron chi connectivity index (χ1n) is 10.9. The largest absolute Gasteiger partial charge is 0.361 e. The van der Waals surface area contributed by atoms with Crippen molar-refractivity contribution in [1.29, 1.82) is 0 Å². The maximum absolute atomic E-state index is 13.2. The summed E-state index contributed by atoms with van der Waals surface area (Å²) in [5.41, 5.74) is 6.83. The van der Waals surface area contributed by atoms with Crippen molar-refractivity contribution in [3.8, 4) is 0 Å². The monoisotopic (exact) mass is 413 g/mol. The minimum absolute atomic E-state index is 0.0408. The number of aromatic amines is 1. The second-order valence-corrected chi connectivity index (χ2v) is 8.64. The first-order valence-corrected chi connectivity index (χ1v) is 10.9. The van der Waals surface area contributed by atoms with Gasteiger partial charge in [0, 0.05) is 54.4 Å². The fourth-order valence-electron chi connectivity index (χ4n) is 4.84. The Balaban J connectivity index is 1.29. The van der Waals surface area contributed by atoms with Gasteiger partial charge >= 0.3 is 0 Å². The van der Waals surface area contributed by atoms with E-state index in [4.69, 9.17) is 0 Å². The van der Waals surface area contributed by atoms with Crippen LogP contribution in [0.1, 0.15) is 29.5 Å². The molecule has 2 aliphatic rings. The van der Waals surface area contributed by atoms with Crippen molar-refractivity contribution in [2.75, 3.05) is 24.5 Å². The van der Waals surface area contributed by atoms with E-state index in [1.54, 1.807) is 4.90 Å². The van der Waals surface area contributed by atoms with Crippen LogP contribution in [-0.2, 0) is 9.59 Å². The third-order valence-corrected chi connectivity index (χ3v) is 6.80. The normalized spacial score (nSPS) is 19.2. The van der Waals surface area contributed by atoms with Gasteiger partial charge in [-0.25, -0.2) is 0 Å². The number of rotatable bonds is 3. The van der Waals surface area contributed by atoms with Gasteiger partial charge in [-0.15, -0.1) is 0 Å². The number of hydrogen-bond donors (Lipinski definition) is 1. The number of nitrogens with zero attached hydrogens (tertiary/aromatic N) is 2. The Hall–Kier alpha value is -3.34. The van der Waals surface area contributed by atoms with E-state index in [1.165, 1.54) is 16.5 Å². The van der Waals surface area contributed by atoms with Crippen molar-refractivity contribution in [3.63, 3.8) is 0 Å². The Morgan fingerprint density at radius 2 is 1.94 bits per heavy atom. The number of para-hydroxylation sites is 1. The van der Waals surface area contributed by atoms with Crippen LogP contribution < -0.4 is 4.90 Å². The van der Waals surface area contributed by atoms with E-state index in [0.29, 0.717) is 26.1 Å². The van der Waals surface area contributed by atoms with Crippen molar-refractivity contribution < 1.29 is 9.59 Å². The van der Waals surface area contributed by atoms with Gasteiger partial charge in [-0.1, -0.05) is 36.4 Å². The molecule has 0 bridgehead atoms. The maximum Gasteiger partial charge on any atom is 0.228 e. The summed E-state index contributed by atoms with van der Waals surface area (Å²) in [6.45, 7) is 5.85. The number of amides is 2. The Morgan fingerprint density at radius 3 is 2.74 bits per heavy atom. The smallest absolute Gasteiger partial charge is 0.228 e. The highest BCUT2D eigenvalue weighted by molar-refractivity contribution is 6.01. The van der Waals surface area contributed by atoms with Gasteiger partial charge in [0.1, 0.15) is 0 Å². The van der Waals surface area contributed by atoms with Crippen LogP contribution in [0.2, 0.25) is 0 Å². The zero-order valence-corrected chi connectivity index (χ0v) is 18.0. The summed E-state index contributed by atoms with van der Waals surface area (Å²) >= 11 is 0. The number of nitrogens with one attached hydrogen (secondary N) is 1. The van der Waals surface area contributed by atoms with Crippen LogP contribution in [0.3, 0.4) is 0 Å². The summed E-state index contributed by atoms with van der Waals surface area (Å²) < 4.78 is 0. The van der Waals surface area contributed by atoms with Gasteiger partial charge in [0.05, 0.1) is 5.92 Å². The fourth-order valence-corrected chi connectivity index (χ4v) is 4.84. The first-order chi connectivity index (χ1) is 15.0. The second kappa shape index (κ2) is 7.73. The van der Waals surface area contributed by atoms with Crippen LogP contribution in [-0.4, -0.2) is 41.3 Å². The molecule has 1 N–H and O–H groups in total. The van der Waals surface area contributed by atoms with Gasteiger partial charge in [-0.05, 0) is 49.1 Å². The van der Waals surface area contributed by atoms with Crippen LogP contribution in [0, 0.1) is 19.8 Å². The molecule has 5 nitrogen and oxygen atoms in total. The van der Waals surface area contributed by atoms with E-state index in [-0.39, 0.29) is 17.7 Å². The number of benzene rings is 2. The van der Waals surface area contributed by atoms with Crippen LogP contribution in [0.15, 0.2) is 54.7 Å². The van der Waals surface area contributed by atoms with E-state index in [2.05, 4.69) is 35.5 Å². The zero-order chi connectivity index (χ0) is 21.5. The molecular weight excluding hydrogens is 386 g/mol. The van der Waals surface area contributed by atoms with Gasteiger partial charge in [-0.2, -0.15) is 0 Å². The molecule has 0 aliphatic carbocycles. The summed E-state index contributed by atoms with van der Waals surface area (Å²) in [6, 6.07) is 14.3. The molecule has 2 aromatic carbocycles. The lowest BCUT2D eigenvalue weighted by Crippen LogP contribution is -2.40. The molecular formula is C26H27N3O2. The summed E-state index contributed by atoms with van der Waals surface area (Å²) in [5.74, 6) is -0.134. The molecule has 158 valence electrons. The van der Waals surface area contributed by atoms with Gasteiger partial charge in [0.2, 0.25) is 11.8 Å². The second-order valence-electron chi connectivity index (χ2n) is 8.64. The number of fused-ring (bicyclic) bond motifs is 1. The molecule has 1 fully saturated rings. The Labute approximate surface area is 182 Å². The lowest BCUT2D eigenvalue weighted by Gasteiger charge is -2.29. The van der Waals surface area contributed by atoms with Crippen molar-refractivity contribution >= 4 is 34.0 Å². The number of anilines is 1. The molecule has 5 heteroatoms. The van der Waals surface area contributed by atoms with Gasteiger partial charge in [0.25, 0.3) is 0 Å². The number of carbonyl (C=O) groups excluding carboxylic acids is 2. The molecule has 0 radical (unpaired) electrons. The van der Waals surface area contributed by atoms with E-state index >= 15 is 0 Å². The molecule has 0 saturated carbocycles. The lowest BCUT2D eigenvalue weighted by molar-refractivity contribution is -0.135. The van der Waals surface area contributed by atoms with Crippen LogP contribution in [0.5, 0.6) is 0 Å². The van der Waals surface area contributed by atoms with Gasteiger partial charge in [0.15, 0.2) is 0 Å². The zero-order valence-electron chi connectivity index (χ0n) is 18.0. The van der Waals surface area contributed by atoms with Crippen molar-refractivity contribution in [1.82, 2.24) is 9.88 Å². The number of H-pyrrole nitrogens is 1. The molecule has 2 amide bonds. The van der Waals surface area contributed by atoms with Crippen LogP contribution in [0.4, 0.5) is 5.69 Å². The molecule has 31 heavy (non-hydrogen) atoms. The average molecular weight is 414 g/mol. The minimum Gasteiger partial charge on any atom is -0.361 e. The van der Waals surface area contributed by atoms with Gasteiger partial charge in [-0.3, -0.25) is 9.59 Å². The van der Waals surface area contributed by atoms with Gasteiger partial charge < -0.3 is 14.8 Å². The third kappa shape index (κ3) is 3.44. The number of hydrogen-bond acceptors (Lipinski definition) is 2. The molecule has 1 saturated heterocycles. The molecule has 3 heterocycles. The summed E-state index contributed by atoms with van der Waals surface area (Å²) in [6.07, 6.45) is 5.35. The Morgan fingerprint density at radius 1 is 1.10 bits per heavy atom. The molecule has 2 aliphatic heterocycles. The summed E-state index contributed by atoms with van der Waals surface area (Å²) in [5, 5.41) is 1.22. The van der Waals surface area contributed by atoms with Crippen molar-refractivity contribution in [2.24, 2.45) is 5.92 Å². The number of aryl methyl sites for hydroxylation is 1.